The smallest absolute Gasteiger partial charge is 0.123 e. The molecule has 0 amide bonds. The highest BCUT2D eigenvalue weighted by atomic mass is 19.1. The van der Waals surface area contributed by atoms with Crippen LogP contribution in [0.1, 0.15) is 34.9 Å². The molecule has 1 aromatic carbocycles. The highest BCUT2D eigenvalue weighted by molar-refractivity contribution is 6.19. The number of aromatic nitrogens is 1. The van der Waals surface area contributed by atoms with Crippen LogP contribution >= 0.6 is 0 Å². The second-order valence-electron chi connectivity index (χ2n) is 5.50. The van der Waals surface area contributed by atoms with Gasteiger partial charge in [0.1, 0.15) is 5.82 Å². The van der Waals surface area contributed by atoms with Crippen molar-refractivity contribution < 1.29 is 9.50 Å². The van der Waals surface area contributed by atoms with Crippen LogP contribution in [-0.2, 0) is 6.42 Å². The maximum absolute atomic E-state index is 13.1. The Morgan fingerprint density at radius 2 is 2.09 bits per heavy atom. The summed E-state index contributed by atoms with van der Waals surface area (Å²) >= 11 is 0. The molecule has 0 spiro atoms. The zero-order valence-electron chi connectivity index (χ0n) is 12.8. The van der Waals surface area contributed by atoms with E-state index in [4.69, 9.17) is 5.73 Å². The number of fused-ring (bicyclic) bond motifs is 1. The minimum absolute atomic E-state index is 0.305. The Labute approximate surface area is 134 Å². The summed E-state index contributed by atoms with van der Waals surface area (Å²) in [6.45, 7) is 0. The van der Waals surface area contributed by atoms with Crippen LogP contribution in [0.2, 0.25) is 0 Å². The van der Waals surface area contributed by atoms with E-state index in [1.165, 1.54) is 12.1 Å². The van der Waals surface area contributed by atoms with E-state index in [1.807, 2.05) is 6.07 Å². The van der Waals surface area contributed by atoms with Gasteiger partial charge in [-0.15, -0.1) is 0 Å². The van der Waals surface area contributed by atoms with E-state index in [9.17, 15) is 9.50 Å². The fourth-order valence-electron chi connectivity index (χ4n) is 2.93. The number of nitrogens with two attached hydrogens (primary N) is 1. The fourth-order valence-corrected chi connectivity index (χ4v) is 2.93. The Balaban J connectivity index is 2.17. The van der Waals surface area contributed by atoms with E-state index >= 15 is 0 Å². The zero-order chi connectivity index (χ0) is 16.4. The lowest BCUT2D eigenvalue weighted by Crippen LogP contribution is -2.06. The molecular formula is C18H18FN3O. The number of rotatable bonds is 3. The Morgan fingerprint density at radius 1 is 1.35 bits per heavy atom. The van der Waals surface area contributed by atoms with Crippen molar-refractivity contribution in [3.63, 3.8) is 0 Å². The molecule has 1 heterocycles. The van der Waals surface area contributed by atoms with E-state index in [0.29, 0.717) is 17.8 Å². The Hall–Kier alpha value is -2.53. The number of aliphatic hydroxyl groups is 1. The molecule has 1 atom stereocenters. The lowest BCUT2D eigenvalue weighted by atomic mass is 9.96. The molecule has 0 saturated heterocycles. The van der Waals surface area contributed by atoms with Gasteiger partial charge in [0.2, 0.25) is 0 Å². The van der Waals surface area contributed by atoms with Crippen LogP contribution in [0.25, 0.3) is 11.3 Å². The molecule has 3 N–H and O–H groups in total. The standard InChI is InChI=1S/C18H18FN3O/c1-21-10-15(17(20)11-2-4-12(19)5-3-11)13-8-9-22-18-14(13)6-7-16(18)23/h2-5,8-10,16,23H,6-7,20H2,1H3. The average molecular weight is 311 g/mol. The second-order valence-corrected chi connectivity index (χ2v) is 5.50. The van der Waals surface area contributed by atoms with Gasteiger partial charge in [-0.3, -0.25) is 9.98 Å². The summed E-state index contributed by atoms with van der Waals surface area (Å²) in [7, 11) is 1.67. The van der Waals surface area contributed by atoms with Crippen molar-refractivity contribution in [3.8, 4) is 0 Å². The molecule has 0 fully saturated rings. The number of aliphatic hydroxyl groups excluding tert-OH is 1. The van der Waals surface area contributed by atoms with Crippen LogP contribution in [-0.4, -0.2) is 23.4 Å². The summed E-state index contributed by atoms with van der Waals surface area (Å²) in [5, 5.41) is 10.0. The molecule has 3 rings (SSSR count). The summed E-state index contributed by atoms with van der Waals surface area (Å²) in [5.74, 6) is -0.305. The van der Waals surface area contributed by atoms with Crippen LogP contribution < -0.4 is 5.73 Å². The van der Waals surface area contributed by atoms with Crippen LogP contribution in [0.3, 0.4) is 0 Å². The van der Waals surface area contributed by atoms with Crippen molar-refractivity contribution in [1.82, 2.24) is 4.98 Å². The second kappa shape index (κ2) is 6.30. The molecule has 2 aromatic rings. The largest absolute Gasteiger partial charge is 0.398 e. The number of allylic oxidation sites excluding steroid dienone is 1. The highest BCUT2D eigenvalue weighted by Gasteiger charge is 2.25. The zero-order valence-corrected chi connectivity index (χ0v) is 12.8. The fraction of sp³-hybridized carbons (Fsp3) is 0.222. The number of halogens is 1. The predicted octanol–water partition coefficient (Wildman–Crippen LogP) is 2.73. The predicted molar refractivity (Wildman–Crippen MR) is 89.3 cm³/mol. The van der Waals surface area contributed by atoms with Gasteiger partial charge >= 0.3 is 0 Å². The molecule has 5 heteroatoms. The first kappa shape index (κ1) is 15.4. The molecule has 4 nitrogen and oxygen atoms in total. The van der Waals surface area contributed by atoms with Gasteiger partial charge in [-0.2, -0.15) is 0 Å². The minimum atomic E-state index is -0.531. The molecule has 1 aliphatic rings. The summed E-state index contributed by atoms with van der Waals surface area (Å²) in [4.78, 5) is 8.38. The number of aliphatic imine (C=N–C) groups is 1. The third kappa shape index (κ3) is 2.87. The van der Waals surface area contributed by atoms with Crippen molar-refractivity contribution in [3.05, 3.63) is 64.7 Å². The topological polar surface area (TPSA) is 71.5 Å². The number of pyridine rings is 1. The van der Waals surface area contributed by atoms with Gasteiger partial charge in [0, 0.05) is 30.7 Å². The molecular weight excluding hydrogens is 293 g/mol. The van der Waals surface area contributed by atoms with E-state index in [-0.39, 0.29) is 5.82 Å². The van der Waals surface area contributed by atoms with E-state index in [0.717, 1.165) is 28.7 Å². The third-order valence-electron chi connectivity index (χ3n) is 4.07. The Morgan fingerprint density at radius 3 is 2.78 bits per heavy atom. The van der Waals surface area contributed by atoms with Crippen LogP contribution in [0.5, 0.6) is 0 Å². The Kier molecular flexibility index (Phi) is 4.21. The van der Waals surface area contributed by atoms with Gasteiger partial charge in [0.25, 0.3) is 0 Å². The lowest BCUT2D eigenvalue weighted by molar-refractivity contribution is 0.176. The van der Waals surface area contributed by atoms with Crippen molar-refractivity contribution in [1.29, 1.82) is 0 Å². The molecule has 0 saturated carbocycles. The molecule has 118 valence electrons. The minimum Gasteiger partial charge on any atom is -0.398 e. The molecule has 0 aliphatic heterocycles. The van der Waals surface area contributed by atoms with Crippen LogP contribution in [0.15, 0.2) is 41.5 Å². The first-order chi connectivity index (χ1) is 11.1. The Bertz CT molecular complexity index is 781. The molecule has 1 aliphatic carbocycles. The van der Waals surface area contributed by atoms with Gasteiger partial charge in [0.15, 0.2) is 0 Å². The van der Waals surface area contributed by atoms with Gasteiger partial charge in [-0.1, -0.05) is 0 Å². The number of nitrogens with zero attached hydrogens (tertiary/aromatic N) is 2. The average Bonchev–Trinajstić information content (AvgIpc) is 2.94. The molecule has 0 radical (unpaired) electrons. The SMILES string of the molecule is CN=CC(=C(N)c1ccc(F)cc1)c1ccnc2c1CCC2O. The van der Waals surface area contributed by atoms with E-state index < -0.39 is 6.10 Å². The summed E-state index contributed by atoms with van der Waals surface area (Å²) in [6, 6.07) is 7.92. The summed E-state index contributed by atoms with van der Waals surface area (Å²) < 4.78 is 13.1. The quantitative estimate of drug-likeness (QED) is 0.856. The first-order valence-corrected chi connectivity index (χ1v) is 7.46. The molecule has 0 bridgehead atoms. The van der Waals surface area contributed by atoms with Gasteiger partial charge in [0.05, 0.1) is 11.8 Å². The molecule has 1 aromatic heterocycles. The van der Waals surface area contributed by atoms with E-state index in [2.05, 4.69) is 9.98 Å². The number of hydrogen-bond acceptors (Lipinski definition) is 4. The summed E-state index contributed by atoms with van der Waals surface area (Å²) in [5.41, 5.74) is 10.9. The first-order valence-electron chi connectivity index (χ1n) is 7.46. The maximum atomic E-state index is 13.1. The molecule has 1 unspecified atom stereocenters. The van der Waals surface area contributed by atoms with Gasteiger partial charge in [-0.05, 0) is 59.9 Å². The number of benzene rings is 1. The summed E-state index contributed by atoms with van der Waals surface area (Å²) in [6.07, 6.45) is 4.24. The van der Waals surface area contributed by atoms with Crippen molar-refractivity contribution in [2.24, 2.45) is 10.7 Å². The highest BCUT2D eigenvalue weighted by Crippen LogP contribution is 2.35. The third-order valence-corrected chi connectivity index (χ3v) is 4.07. The molecule has 23 heavy (non-hydrogen) atoms. The lowest BCUT2D eigenvalue weighted by Gasteiger charge is -2.13. The number of hydrogen-bond donors (Lipinski definition) is 2. The van der Waals surface area contributed by atoms with Gasteiger partial charge < -0.3 is 10.8 Å². The van der Waals surface area contributed by atoms with Crippen LogP contribution in [0.4, 0.5) is 4.39 Å². The normalized spacial score (nSPS) is 18.1. The van der Waals surface area contributed by atoms with E-state index in [1.54, 1.807) is 31.6 Å². The van der Waals surface area contributed by atoms with Crippen molar-refractivity contribution >= 4 is 17.5 Å². The van der Waals surface area contributed by atoms with Crippen LogP contribution in [0, 0.1) is 5.82 Å². The van der Waals surface area contributed by atoms with Crippen molar-refractivity contribution in [2.75, 3.05) is 7.05 Å². The van der Waals surface area contributed by atoms with Crippen molar-refractivity contribution in [2.45, 2.75) is 18.9 Å². The van der Waals surface area contributed by atoms with Gasteiger partial charge in [-0.25, -0.2) is 4.39 Å². The maximum Gasteiger partial charge on any atom is 0.123 e. The monoisotopic (exact) mass is 311 g/mol.